The van der Waals surface area contributed by atoms with Gasteiger partial charge in [0.2, 0.25) is 0 Å². The van der Waals surface area contributed by atoms with E-state index in [1.54, 1.807) is 0 Å². The van der Waals surface area contributed by atoms with Crippen molar-refractivity contribution in [1.82, 2.24) is 0 Å². The van der Waals surface area contributed by atoms with Crippen molar-refractivity contribution < 1.29 is 32.5 Å². The Labute approximate surface area is 190 Å². The zero-order chi connectivity index (χ0) is 22.9. The van der Waals surface area contributed by atoms with E-state index in [1.807, 2.05) is 12.1 Å². The van der Waals surface area contributed by atoms with E-state index in [-0.39, 0.29) is 26.1 Å². The maximum absolute atomic E-state index is 12.4. The molecule has 3 atom stereocenters. The van der Waals surface area contributed by atoms with Crippen LogP contribution >= 0.6 is 11.6 Å². The number of ether oxygens (including phenoxy) is 3. The molecule has 1 N–H and O–H groups in total. The van der Waals surface area contributed by atoms with Gasteiger partial charge in [-0.3, -0.25) is 0 Å². The van der Waals surface area contributed by atoms with Crippen LogP contribution in [0.25, 0.3) is 0 Å². The van der Waals surface area contributed by atoms with Gasteiger partial charge in [-0.25, -0.2) is 0 Å². The lowest BCUT2D eigenvalue weighted by Crippen LogP contribution is -2.45. The summed E-state index contributed by atoms with van der Waals surface area (Å²) in [7, 11) is 0. The Hall–Kier alpha value is -1.64. The first-order chi connectivity index (χ1) is 15.2. The van der Waals surface area contributed by atoms with Crippen LogP contribution < -0.4 is 0 Å². The lowest BCUT2D eigenvalue weighted by molar-refractivity contribution is -0.307. The first-order valence-corrected chi connectivity index (χ1v) is 11.1. The van der Waals surface area contributed by atoms with Crippen molar-refractivity contribution in [3.8, 4) is 0 Å². The van der Waals surface area contributed by atoms with Crippen LogP contribution in [-0.2, 0) is 39.4 Å². The second-order valence-electron chi connectivity index (χ2n) is 8.45. The van der Waals surface area contributed by atoms with Crippen LogP contribution in [0, 0.1) is 0 Å². The zero-order valence-electron chi connectivity index (χ0n) is 17.8. The zero-order valence-corrected chi connectivity index (χ0v) is 18.5. The highest BCUT2D eigenvalue weighted by Gasteiger charge is 2.48. The molecule has 2 aliphatic heterocycles. The standard InChI is InChI=1S/C24H26ClF3O4/c1-2-15-3-5-16(6-4-15)7-17-8-21-18(9-22(17)25)12-31-23(21)11-19(29)10-20(32-23)13-30-14-24(26,27)28/h3-6,8-9,19-20,29H,2,7,10-14H2,1H3/t19-,20-,23+/m0/s1. The Balaban J connectivity index is 1.55. The molecule has 1 fully saturated rings. The Kier molecular flexibility index (Phi) is 6.84. The number of alkyl halides is 3. The Morgan fingerprint density at radius 3 is 2.59 bits per heavy atom. The molecule has 0 aliphatic carbocycles. The number of benzene rings is 2. The molecule has 0 amide bonds. The second-order valence-corrected chi connectivity index (χ2v) is 8.86. The van der Waals surface area contributed by atoms with Crippen molar-refractivity contribution in [2.24, 2.45) is 0 Å². The highest BCUT2D eigenvalue weighted by molar-refractivity contribution is 6.31. The molecule has 4 rings (SSSR count). The highest BCUT2D eigenvalue weighted by Crippen LogP contribution is 2.47. The predicted octanol–water partition coefficient (Wildman–Crippen LogP) is 5.30. The Morgan fingerprint density at radius 1 is 1.19 bits per heavy atom. The van der Waals surface area contributed by atoms with Crippen molar-refractivity contribution in [2.45, 2.75) is 63.4 Å². The van der Waals surface area contributed by atoms with Gasteiger partial charge in [-0.1, -0.05) is 42.8 Å². The van der Waals surface area contributed by atoms with Gasteiger partial charge in [0.25, 0.3) is 0 Å². The van der Waals surface area contributed by atoms with E-state index in [2.05, 4.69) is 31.2 Å². The molecule has 0 unspecified atom stereocenters. The molecule has 2 heterocycles. The van der Waals surface area contributed by atoms with Crippen molar-refractivity contribution in [1.29, 1.82) is 0 Å². The van der Waals surface area contributed by atoms with Gasteiger partial charge in [-0.15, -0.1) is 0 Å². The van der Waals surface area contributed by atoms with Crippen LogP contribution in [0.15, 0.2) is 36.4 Å². The van der Waals surface area contributed by atoms with Gasteiger partial charge in [0.1, 0.15) is 6.61 Å². The fraction of sp³-hybridized carbons (Fsp3) is 0.500. The first-order valence-electron chi connectivity index (χ1n) is 10.7. The molecule has 1 spiro atoms. The van der Waals surface area contributed by atoms with E-state index in [1.165, 1.54) is 5.56 Å². The molecule has 4 nitrogen and oxygen atoms in total. The molecule has 2 aromatic rings. The highest BCUT2D eigenvalue weighted by atomic mass is 35.5. The molecular weight excluding hydrogens is 445 g/mol. The predicted molar refractivity (Wildman–Crippen MR) is 114 cm³/mol. The SMILES string of the molecule is CCc1ccc(Cc2cc3c(cc2Cl)CO[C@@]32C[C@@H](O)C[C@@H](COCC(F)(F)F)O2)cc1. The quantitative estimate of drug-likeness (QED) is 0.622. The molecule has 2 aliphatic rings. The van der Waals surface area contributed by atoms with Crippen LogP contribution in [0.1, 0.15) is 47.6 Å². The molecule has 0 bridgehead atoms. The van der Waals surface area contributed by atoms with Gasteiger partial charge in [0.15, 0.2) is 5.79 Å². The van der Waals surface area contributed by atoms with E-state index in [4.69, 9.17) is 25.8 Å². The third kappa shape index (κ3) is 5.29. The van der Waals surface area contributed by atoms with Crippen molar-refractivity contribution >= 4 is 11.6 Å². The van der Waals surface area contributed by atoms with E-state index in [9.17, 15) is 18.3 Å². The minimum absolute atomic E-state index is 0.183. The number of rotatable bonds is 6. The van der Waals surface area contributed by atoms with Crippen molar-refractivity contribution in [3.05, 3.63) is 69.2 Å². The summed E-state index contributed by atoms with van der Waals surface area (Å²) in [5.41, 5.74) is 4.88. The lowest BCUT2D eigenvalue weighted by atomic mass is 9.90. The van der Waals surface area contributed by atoms with Gasteiger partial charge < -0.3 is 19.3 Å². The lowest BCUT2D eigenvalue weighted by Gasteiger charge is -2.40. The number of hydrogen-bond acceptors (Lipinski definition) is 4. The minimum Gasteiger partial charge on any atom is -0.393 e. The summed E-state index contributed by atoms with van der Waals surface area (Å²) in [6.45, 7) is 0.723. The monoisotopic (exact) mass is 470 g/mol. The van der Waals surface area contributed by atoms with Gasteiger partial charge >= 0.3 is 6.18 Å². The van der Waals surface area contributed by atoms with E-state index in [0.717, 1.165) is 28.7 Å². The largest absolute Gasteiger partial charge is 0.411 e. The van der Waals surface area contributed by atoms with Crippen molar-refractivity contribution in [2.75, 3.05) is 13.2 Å². The van der Waals surface area contributed by atoms with E-state index in [0.29, 0.717) is 11.4 Å². The third-order valence-corrected chi connectivity index (χ3v) is 6.29. The smallest absolute Gasteiger partial charge is 0.393 e. The molecule has 1 saturated heterocycles. The maximum atomic E-state index is 12.4. The molecule has 0 radical (unpaired) electrons. The molecule has 32 heavy (non-hydrogen) atoms. The Morgan fingerprint density at radius 2 is 1.91 bits per heavy atom. The summed E-state index contributed by atoms with van der Waals surface area (Å²) in [6, 6.07) is 12.1. The van der Waals surface area contributed by atoms with Crippen LogP contribution in [0.4, 0.5) is 13.2 Å². The molecule has 0 saturated carbocycles. The fourth-order valence-corrected chi connectivity index (χ4v) is 4.64. The topological polar surface area (TPSA) is 47.9 Å². The summed E-state index contributed by atoms with van der Waals surface area (Å²) in [4.78, 5) is 0. The summed E-state index contributed by atoms with van der Waals surface area (Å²) >= 11 is 6.54. The molecule has 8 heteroatoms. The summed E-state index contributed by atoms with van der Waals surface area (Å²) < 4.78 is 54.1. The summed E-state index contributed by atoms with van der Waals surface area (Å²) in [5.74, 6) is -1.22. The van der Waals surface area contributed by atoms with Crippen molar-refractivity contribution in [3.63, 3.8) is 0 Å². The number of hydrogen-bond donors (Lipinski definition) is 1. The number of aliphatic hydroxyl groups excluding tert-OH is 1. The number of aryl methyl sites for hydroxylation is 1. The van der Waals surface area contributed by atoms with Gasteiger partial charge in [-0.2, -0.15) is 13.2 Å². The minimum atomic E-state index is -4.41. The molecule has 174 valence electrons. The fourth-order valence-electron chi connectivity index (χ4n) is 4.39. The maximum Gasteiger partial charge on any atom is 0.411 e. The Bertz CT molecular complexity index is 947. The van der Waals surface area contributed by atoms with Crippen LogP contribution in [0.3, 0.4) is 0 Å². The number of fused-ring (bicyclic) bond motifs is 2. The summed E-state index contributed by atoms with van der Waals surface area (Å²) in [6.07, 6.45) is -3.95. The van der Waals surface area contributed by atoms with Gasteiger partial charge in [-0.05, 0) is 47.2 Å². The number of aliphatic hydroxyl groups is 1. The second kappa shape index (κ2) is 9.31. The normalized spacial score (nSPS) is 25.3. The first kappa shape index (κ1) is 23.5. The van der Waals surface area contributed by atoms with Crippen LogP contribution in [0.2, 0.25) is 5.02 Å². The molecular formula is C24H26ClF3O4. The van der Waals surface area contributed by atoms with Gasteiger partial charge in [0, 0.05) is 23.4 Å². The summed E-state index contributed by atoms with van der Waals surface area (Å²) in [5, 5.41) is 11.1. The third-order valence-electron chi connectivity index (χ3n) is 5.94. The number of halogens is 4. The average molecular weight is 471 g/mol. The van der Waals surface area contributed by atoms with Crippen LogP contribution in [-0.4, -0.2) is 36.7 Å². The molecule has 2 aromatic carbocycles. The van der Waals surface area contributed by atoms with Gasteiger partial charge in [0.05, 0.1) is 25.4 Å². The van der Waals surface area contributed by atoms with E-state index < -0.39 is 30.8 Å². The molecule has 0 aromatic heterocycles. The van der Waals surface area contributed by atoms with Crippen LogP contribution in [0.5, 0.6) is 0 Å². The average Bonchev–Trinajstić information content (AvgIpc) is 3.03. The van der Waals surface area contributed by atoms with E-state index >= 15 is 0 Å².